The number of carbonyl (C=O) groups excluding carboxylic acids is 1. The van der Waals surface area contributed by atoms with Gasteiger partial charge in [-0.1, -0.05) is 0 Å². The van der Waals surface area contributed by atoms with E-state index in [1.165, 1.54) is 23.7 Å². The summed E-state index contributed by atoms with van der Waals surface area (Å²) in [4.78, 5) is 16.3. The summed E-state index contributed by atoms with van der Waals surface area (Å²) in [6.07, 6.45) is 1.92. The van der Waals surface area contributed by atoms with Gasteiger partial charge in [-0.25, -0.2) is 18.1 Å². The molecular weight excluding hydrogens is 340 g/mol. The van der Waals surface area contributed by atoms with E-state index in [0.717, 1.165) is 5.01 Å². The average molecular weight is 356 g/mol. The summed E-state index contributed by atoms with van der Waals surface area (Å²) in [7, 11) is -3.70. The van der Waals surface area contributed by atoms with Crippen LogP contribution in [-0.2, 0) is 14.8 Å². The molecule has 2 aromatic heterocycles. The van der Waals surface area contributed by atoms with Crippen LogP contribution < -0.4 is 4.72 Å². The number of hydrogen-bond acceptors (Lipinski definition) is 7. The number of aromatic nitrogens is 1. The standard InChI is InChI=1S/C14H16N2O5S2/c1-9-15-12(7-22-9)13-4-11(6-21-13)14(17)16-23(18,19)8-10-2-3-20-5-10/h4,6-7,10H,2-3,5,8H2,1H3,(H,16,17)/t10-/m0/s1. The molecule has 1 saturated heterocycles. The first-order chi connectivity index (χ1) is 10.9. The molecular formula is C14H16N2O5S2. The van der Waals surface area contributed by atoms with Gasteiger partial charge in [0.1, 0.15) is 12.0 Å². The maximum Gasteiger partial charge on any atom is 0.268 e. The molecule has 1 fully saturated rings. The monoisotopic (exact) mass is 356 g/mol. The molecule has 0 saturated carbocycles. The number of carbonyl (C=O) groups is 1. The van der Waals surface area contributed by atoms with Crippen molar-refractivity contribution in [1.82, 2.24) is 9.71 Å². The Bertz CT molecular complexity index is 803. The van der Waals surface area contributed by atoms with Gasteiger partial charge in [0.05, 0.1) is 22.9 Å². The molecule has 1 aliphatic heterocycles. The Hall–Kier alpha value is -1.71. The molecule has 0 unspecified atom stereocenters. The van der Waals surface area contributed by atoms with Crippen LogP contribution in [0.3, 0.4) is 0 Å². The lowest BCUT2D eigenvalue weighted by Crippen LogP contribution is -2.34. The third kappa shape index (κ3) is 3.98. The van der Waals surface area contributed by atoms with Crippen molar-refractivity contribution in [3.8, 4) is 11.5 Å². The molecule has 23 heavy (non-hydrogen) atoms. The Morgan fingerprint density at radius 2 is 2.35 bits per heavy atom. The van der Waals surface area contributed by atoms with E-state index < -0.39 is 15.9 Å². The minimum atomic E-state index is -3.70. The fourth-order valence-electron chi connectivity index (χ4n) is 2.33. The number of thiazole rings is 1. The number of furan rings is 1. The summed E-state index contributed by atoms with van der Waals surface area (Å²) in [6.45, 7) is 2.84. The molecule has 7 nitrogen and oxygen atoms in total. The van der Waals surface area contributed by atoms with Crippen molar-refractivity contribution >= 4 is 27.3 Å². The van der Waals surface area contributed by atoms with Crippen LogP contribution in [0.25, 0.3) is 11.5 Å². The number of nitrogens with zero attached hydrogens (tertiary/aromatic N) is 1. The number of sulfonamides is 1. The van der Waals surface area contributed by atoms with Gasteiger partial charge in [0.25, 0.3) is 5.91 Å². The van der Waals surface area contributed by atoms with Crippen LogP contribution in [0.15, 0.2) is 22.1 Å². The Labute approximate surface area is 137 Å². The lowest BCUT2D eigenvalue weighted by atomic mass is 10.2. The molecule has 2 aromatic rings. The fraction of sp³-hybridized carbons (Fsp3) is 0.429. The zero-order valence-electron chi connectivity index (χ0n) is 12.4. The summed E-state index contributed by atoms with van der Waals surface area (Å²) in [5.41, 5.74) is 0.773. The number of rotatable bonds is 5. The first-order valence-corrected chi connectivity index (χ1v) is 9.60. The van der Waals surface area contributed by atoms with E-state index in [2.05, 4.69) is 9.71 Å². The smallest absolute Gasteiger partial charge is 0.268 e. The molecule has 0 bridgehead atoms. The first kappa shape index (κ1) is 16.2. The van der Waals surface area contributed by atoms with E-state index in [9.17, 15) is 13.2 Å². The van der Waals surface area contributed by atoms with Gasteiger partial charge in [0.15, 0.2) is 5.76 Å². The second-order valence-electron chi connectivity index (χ2n) is 5.39. The number of ether oxygens (including phenoxy) is 1. The molecule has 0 aromatic carbocycles. The molecule has 0 spiro atoms. The van der Waals surface area contributed by atoms with Crippen LogP contribution in [0, 0.1) is 12.8 Å². The minimum absolute atomic E-state index is 0.0711. The molecule has 1 amide bonds. The molecule has 3 rings (SSSR count). The summed E-state index contributed by atoms with van der Waals surface area (Å²) in [5, 5.41) is 2.69. The van der Waals surface area contributed by atoms with Crippen molar-refractivity contribution in [2.24, 2.45) is 5.92 Å². The highest BCUT2D eigenvalue weighted by atomic mass is 32.2. The van der Waals surface area contributed by atoms with Crippen molar-refractivity contribution in [2.45, 2.75) is 13.3 Å². The normalized spacial score (nSPS) is 18.2. The fourth-order valence-corrected chi connectivity index (χ4v) is 4.30. The maximum atomic E-state index is 12.1. The predicted molar refractivity (Wildman–Crippen MR) is 84.7 cm³/mol. The first-order valence-electron chi connectivity index (χ1n) is 7.06. The Morgan fingerprint density at radius 1 is 1.52 bits per heavy atom. The molecule has 1 N–H and O–H groups in total. The van der Waals surface area contributed by atoms with Gasteiger partial charge in [-0.2, -0.15) is 0 Å². The van der Waals surface area contributed by atoms with Crippen LogP contribution in [0.2, 0.25) is 0 Å². The maximum absolute atomic E-state index is 12.1. The van der Waals surface area contributed by atoms with E-state index in [1.54, 1.807) is 0 Å². The summed E-state index contributed by atoms with van der Waals surface area (Å²) >= 11 is 1.47. The van der Waals surface area contributed by atoms with Crippen LogP contribution in [0.4, 0.5) is 0 Å². The highest BCUT2D eigenvalue weighted by molar-refractivity contribution is 7.90. The number of hydrogen-bond donors (Lipinski definition) is 1. The summed E-state index contributed by atoms with van der Waals surface area (Å²) in [6, 6.07) is 1.48. The number of aryl methyl sites for hydroxylation is 1. The lowest BCUT2D eigenvalue weighted by Gasteiger charge is -2.09. The Balaban J connectivity index is 1.67. The average Bonchev–Trinajstić information content (AvgIpc) is 3.17. The third-order valence-corrected chi connectivity index (χ3v) is 5.64. The van der Waals surface area contributed by atoms with Crippen LogP contribution in [0.1, 0.15) is 21.8 Å². The summed E-state index contributed by atoms with van der Waals surface area (Å²) < 4.78 is 36.6. The second-order valence-corrected chi connectivity index (χ2v) is 8.22. The molecule has 0 aliphatic carbocycles. The largest absolute Gasteiger partial charge is 0.462 e. The van der Waals surface area contributed by atoms with E-state index in [0.29, 0.717) is 31.1 Å². The third-order valence-electron chi connectivity index (χ3n) is 3.46. The van der Waals surface area contributed by atoms with E-state index in [-0.39, 0.29) is 17.2 Å². The zero-order chi connectivity index (χ0) is 16.4. The van der Waals surface area contributed by atoms with Gasteiger partial charge < -0.3 is 9.15 Å². The number of nitrogens with one attached hydrogen (secondary N) is 1. The van der Waals surface area contributed by atoms with Crippen molar-refractivity contribution in [3.05, 3.63) is 28.3 Å². The minimum Gasteiger partial charge on any atom is -0.462 e. The molecule has 124 valence electrons. The molecule has 3 heterocycles. The van der Waals surface area contributed by atoms with E-state index >= 15 is 0 Å². The van der Waals surface area contributed by atoms with Crippen LogP contribution in [0.5, 0.6) is 0 Å². The molecule has 1 aliphatic rings. The quantitative estimate of drug-likeness (QED) is 0.877. The van der Waals surface area contributed by atoms with Crippen molar-refractivity contribution in [3.63, 3.8) is 0 Å². The SMILES string of the molecule is Cc1nc(-c2cc(C(=O)NS(=O)(=O)C[C@H]3CCOC3)co2)cs1. The highest BCUT2D eigenvalue weighted by Crippen LogP contribution is 2.24. The topological polar surface area (TPSA) is 98.5 Å². The summed E-state index contributed by atoms with van der Waals surface area (Å²) in [5.74, 6) is -0.459. The van der Waals surface area contributed by atoms with Gasteiger partial charge in [0.2, 0.25) is 10.0 Å². The van der Waals surface area contributed by atoms with Crippen LogP contribution in [-0.4, -0.2) is 38.3 Å². The van der Waals surface area contributed by atoms with Crippen molar-refractivity contribution < 1.29 is 22.4 Å². The number of amides is 1. The molecule has 1 atom stereocenters. The van der Waals surface area contributed by atoms with E-state index in [1.807, 2.05) is 12.3 Å². The molecule has 0 radical (unpaired) electrons. The second kappa shape index (κ2) is 6.42. The predicted octanol–water partition coefficient (Wildman–Crippen LogP) is 1.81. The van der Waals surface area contributed by atoms with Gasteiger partial charge in [-0.3, -0.25) is 4.79 Å². The van der Waals surface area contributed by atoms with Crippen molar-refractivity contribution in [2.75, 3.05) is 19.0 Å². The Morgan fingerprint density at radius 3 is 3.00 bits per heavy atom. The van der Waals surface area contributed by atoms with Crippen LogP contribution >= 0.6 is 11.3 Å². The highest BCUT2D eigenvalue weighted by Gasteiger charge is 2.25. The lowest BCUT2D eigenvalue weighted by molar-refractivity contribution is 0.0980. The van der Waals surface area contributed by atoms with E-state index in [4.69, 9.17) is 9.15 Å². The van der Waals surface area contributed by atoms with Gasteiger partial charge in [0, 0.05) is 17.9 Å². The Kier molecular flexibility index (Phi) is 4.51. The van der Waals surface area contributed by atoms with Gasteiger partial charge >= 0.3 is 0 Å². The molecule has 9 heteroatoms. The van der Waals surface area contributed by atoms with Gasteiger partial charge in [-0.05, 0) is 19.4 Å². The zero-order valence-corrected chi connectivity index (χ0v) is 14.1. The van der Waals surface area contributed by atoms with Gasteiger partial charge in [-0.15, -0.1) is 11.3 Å². The van der Waals surface area contributed by atoms with Crippen molar-refractivity contribution in [1.29, 1.82) is 0 Å².